The van der Waals surface area contributed by atoms with Crippen LogP contribution in [0.2, 0.25) is 0 Å². The van der Waals surface area contributed by atoms with Gasteiger partial charge in [-0.15, -0.1) is 16.4 Å². The first kappa shape index (κ1) is 18.5. The van der Waals surface area contributed by atoms with Crippen molar-refractivity contribution in [2.24, 2.45) is 0 Å². The first-order valence-corrected chi connectivity index (χ1v) is 10.6. The van der Waals surface area contributed by atoms with E-state index in [4.69, 9.17) is 0 Å². The van der Waals surface area contributed by atoms with Gasteiger partial charge in [0.25, 0.3) is 5.91 Å². The number of hydrogen-bond acceptors (Lipinski definition) is 6. The highest BCUT2D eigenvalue weighted by molar-refractivity contribution is 7.13. The third kappa shape index (κ3) is 3.57. The second kappa shape index (κ2) is 7.71. The van der Waals surface area contributed by atoms with Gasteiger partial charge in [-0.25, -0.2) is 9.48 Å². The van der Waals surface area contributed by atoms with E-state index in [2.05, 4.69) is 25.6 Å². The third-order valence-corrected chi connectivity index (χ3v) is 5.81. The van der Waals surface area contributed by atoms with Gasteiger partial charge in [0.2, 0.25) is 0 Å². The molecular formula is C20H19N7O2S. The Labute approximate surface area is 175 Å². The van der Waals surface area contributed by atoms with Gasteiger partial charge in [-0.1, -0.05) is 6.07 Å². The molecule has 4 heterocycles. The molecule has 0 aliphatic heterocycles. The van der Waals surface area contributed by atoms with Crippen LogP contribution < -0.4 is 11.0 Å². The van der Waals surface area contributed by atoms with Gasteiger partial charge in [0.15, 0.2) is 11.5 Å². The number of carbonyl (C=O) groups is 1. The first-order chi connectivity index (χ1) is 14.7. The number of aromatic nitrogens is 6. The van der Waals surface area contributed by atoms with Crippen molar-refractivity contribution in [3.05, 3.63) is 64.3 Å². The number of amides is 1. The number of rotatable bonds is 7. The normalized spacial score (nSPS) is 13.5. The summed E-state index contributed by atoms with van der Waals surface area (Å²) in [5.41, 5.74) is 1.76. The zero-order valence-electron chi connectivity index (χ0n) is 16.0. The summed E-state index contributed by atoms with van der Waals surface area (Å²) < 4.78 is 3.14. The standard InChI is InChI=1S/C20H19N7O2S/c28-19(16-11-15(23-24-16)17-4-2-10-30-17)22-8-9-26-20(29)27(14-5-6-14)18(25-26)13-3-1-7-21-12-13/h1-4,7,10-12,14H,5-6,8-9H2,(H,22,28)(H,23,24). The van der Waals surface area contributed by atoms with Gasteiger partial charge in [0.1, 0.15) is 0 Å². The molecule has 0 unspecified atom stereocenters. The van der Waals surface area contributed by atoms with E-state index in [1.807, 2.05) is 29.6 Å². The van der Waals surface area contributed by atoms with E-state index in [-0.39, 0.29) is 30.7 Å². The van der Waals surface area contributed by atoms with Gasteiger partial charge in [0, 0.05) is 30.5 Å². The van der Waals surface area contributed by atoms with Crippen molar-refractivity contribution in [1.82, 2.24) is 34.8 Å². The summed E-state index contributed by atoms with van der Waals surface area (Å²) in [7, 11) is 0. The van der Waals surface area contributed by atoms with E-state index in [0.29, 0.717) is 11.5 Å². The van der Waals surface area contributed by atoms with Crippen LogP contribution in [0.4, 0.5) is 0 Å². The predicted octanol–water partition coefficient (Wildman–Crippen LogP) is 2.32. The molecule has 4 aromatic rings. The second-order valence-electron chi connectivity index (χ2n) is 7.07. The molecule has 0 spiro atoms. The van der Waals surface area contributed by atoms with Crippen LogP contribution in [-0.4, -0.2) is 42.0 Å². The lowest BCUT2D eigenvalue weighted by Crippen LogP contribution is -2.32. The molecule has 1 aliphatic rings. The molecule has 152 valence electrons. The summed E-state index contributed by atoms with van der Waals surface area (Å²) in [6.45, 7) is 0.549. The molecule has 1 amide bonds. The zero-order valence-corrected chi connectivity index (χ0v) is 16.8. The largest absolute Gasteiger partial charge is 0.349 e. The summed E-state index contributed by atoms with van der Waals surface area (Å²) in [4.78, 5) is 30.4. The topological polar surface area (TPSA) is 110 Å². The Hall–Kier alpha value is -3.53. The summed E-state index contributed by atoms with van der Waals surface area (Å²) in [5, 5.41) is 16.2. The summed E-state index contributed by atoms with van der Waals surface area (Å²) in [6.07, 6.45) is 5.34. The van der Waals surface area contributed by atoms with Gasteiger partial charge >= 0.3 is 5.69 Å². The van der Waals surface area contributed by atoms with Gasteiger partial charge in [-0.05, 0) is 42.5 Å². The molecule has 30 heavy (non-hydrogen) atoms. The van der Waals surface area contributed by atoms with Crippen molar-refractivity contribution >= 4 is 17.2 Å². The van der Waals surface area contributed by atoms with Crippen LogP contribution in [0, 0.1) is 0 Å². The van der Waals surface area contributed by atoms with Crippen LogP contribution >= 0.6 is 11.3 Å². The van der Waals surface area contributed by atoms with Crippen molar-refractivity contribution in [3.63, 3.8) is 0 Å². The van der Waals surface area contributed by atoms with E-state index in [1.54, 1.807) is 34.4 Å². The second-order valence-corrected chi connectivity index (χ2v) is 8.02. The highest BCUT2D eigenvalue weighted by Crippen LogP contribution is 2.36. The van der Waals surface area contributed by atoms with E-state index in [9.17, 15) is 9.59 Å². The maximum absolute atomic E-state index is 12.8. The first-order valence-electron chi connectivity index (χ1n) is 9.68. The number of H-pyrrole nitrogens is 1. The minimum atomic E-state index is -0.295. The van der Waals surface area contributed by atoms with Crippen molar-refractivity contribution < 1.29 is 4.79 Å². The highest BCUT2D eigenvalue weighted by Gasteiger charge is 2.30. The summed E-state index contributed by atoms with van der Waals surface area (Å²) >= 11 is 1.57. The van der Waals surface area contributed by atoms with Crippen molar-refractivity contribution in [3.8, 4) is 22.0 Å². The smallest absolute Gasteiger partial charge is 0.346 e. The third-order valence-electron chi connectivity index (χ3n) is 4.91. The molecule has 0 radical (unpaired) electrons. The lowest BCUT2D eigenvalue weighted by atomic mass is 10.3. The molecule has 2 N–H and O–H groups in total. The minimum Gasteiger partial charge on any atom is -0.349 e. The molecule has 0 atom stereocenters. The Bertz CT molecular complexity index is 1220. The van der Waals surface area contributed by atoms with Crippen LogP contribution in [0.5, 0.6) is 0 Å². The fraction of sp³-hybridized carbons (Fsp3) is 0.250. The van der Waals surface area contributed by atoms with Gasteiger partial charge in [-0.2, -0.15) is 5.10 Å². The fourth-order valence-corrected chi connectivity index (χ4v) is 3.97. The molecule has 0 saturated heterocycles. The Kier molecular flexibility index (Phi) is 4.75. The average molecular weight is 421 g/mol. The number of nitrogens with one attached hydrogen (secondary N) is 2. The fourth-order valence-electron chi connectivity index (χ4n) is 3.28. The Morgan fingerprint density at radius 3 is 2.93 bits per heavy atom. The number of hydrogen-bond donors (Lipinski definition) is 2. The van der Waals surface area contributed by atoms with Crippen LogP contribution in [0.3, 0.4) is 0 Å². The van der Waals surface area contributed by atoms with Gasteiger partial charge < -0.3 is 5.32 Å². The van der Waals surface area contributed by atoms with Crippen molar-refractivity contribution in [1.29, 1.82) is 0 Å². The van der Waals surface area contributed by atoms with Gasteiger partial charge in [-0.3, -0.25) is 19.4 Å². The molecule has 9 nitrogen and oxygen atoms in total. The Morgan fingerprint density at radius 2 is 2.20 bits per heavy atom. The molecule has 10 heteroatoms. The maximum Gasteiger partial charge on any atom is 0.346 e. The summed E-state index contributed by atoms with van der Waals surface area (Å²) in [6, 6.07) is 9.53. The van der Waals surface area contributed by atoms with Crippen molar-refractivity contribution in [2.75, 3.05) is 6.54 Å². The Balaban J connectivity index is 1.28. The van der Waals surface area contributed by atoms with E-state index >= 15 is 0 Å². The number of aromatic amines is 1. The monoisotopic (exact) mass is 421 g/mol. The number of pyridine rings is 1. The minimum absolute atomic E-state index is 0.162. The molecule has 5 rings (SSSR count). The molecular weight excluding hydrogens is 402 g/mol. The maximum atomic E-state index is 12.8. The molecule has 1 saturated carbocycles. The van der Waals surface area contributed by atoms with Crippen LogP contribution in [0.1, 0.15) is 29.4 Å². The van der Waals surface area contributed by atoms with Crippen LogP contribution in [0.15, 0.2) is 52.9 Å². The average Bonchev–Trinajstić information content (AvgIpc) is 3.17. The predicted molar refractivity (Wildman–Crippen MR) is 112 cm³/mol. The van der Waals surface area contributed by atoms with Crippen LogP contribution in [0.25, 0.3) is 22.0 Å². The Morgan fingerprint density at radius 1 is 1.30 bits per heavy atom. The lowest BCUT2D eigenvalue weighted by molar-refractivity contribution is 0.0946. The van der Waals surface area contributed by atoms with Gasteiger partial charge in [0.05, 0.1) is 17.1 Å². The molecule has 0 aromatic carbocycles. The summed E-state index contributed by atoms with van der Waals surface area (Å²) in [5.74, 6) is 0.325. The quantitative estimate of drug-likeness (QED) is 0.476. The molecule has 1 aliphatic carbocycles. The highest BCUT2D eigenvalue weighted by atomic mass is 32.1. The lowest BCUT2D eigenvalue weighted by Gasteiger charge is -2.02. The number of nitrogens with zero attached hydrogens (tertiary/aromatic N) is 5. The van der Waals surface area contributed by atoms with Crippen LogP contribution in [-0.2, 0) is 6.54 Å². The number of thiophene rings is 1. The van der Waals surface area contributed by atoms with E-state index in [0.717, 1.165) is 29.0 Å². The number of carbonyl (C=O) groups excluding carboxylic acids is 1. The molecule has 4 aromatic heterocycles. The van der Waals surface area contributed by atoms with E-state index < -0.39 is 0 Å². The zero-order chi connectivity index (χ0) is 20.5. The van der Waals surface area contributed by atoms with Crippen molar-refractivity contribution in [2.45, 2.75) is 25.4 Å². The molecule has 0 bridgehead atoms. The SMILES string of the molecule is O=C(NCCn1nc(-c2cccnc2)n(C2CC2)c1=O)c1cc(-c2cccs2)[nH]n1. The molecule has 1 fully saturated rings. The van der Waals surface area contributed by atoms with E-state index in [1.165, 1.54) is 4.68 Å².